The Balaban J connectivity index is 2.01. The highest BCUT2D eigenvalue weighted by Crippen LogP contribution is 2.03. The van der Waals surface area contributed by atoms with E-state index in [0.717, 1.165) is 31.2 Å². The Hall–Kier alpha value is -2.10. The van der Waals surface area contributed by atoms with Gasteiger partial charge in [0, 0.05) is 19.4 Å². The number of hydrogen-bond acceptors (Lipinski definition) is 2. The average Bonchev–Trinajstić information content (AvgIpc) is 2.48. The number of carbonyl (C=O) groups is 2. The maximum absolute atomic E-state index is 11.6. The van der Waals surface area contributed by atoms with Crippen molar-refractivity contribution in [1.82, 2.24) is 5.32 Å². The maximum atomic E-state index is 11.6. The first kappa shape index (κ1) is 17.0. The van der Waals surface area contributed by atoms with Crippen LogP contribution < -0.4 is 11.1 Å². The van der Waals surface area contributed by atoms with Gasteiger partial charge in [0.2, 0.25) is 11.8 Å². The SMILES string of the molecule is NC(=O)CCCCCNC(=O)CC/C=C/c1ccccc1. The first-order valence-electron chi connectivity index (χ1n) is 7.45. The molecular formula is C17H24N2O2. The Kier molecular flexibility index (Phi) is 8.61. The van der Waals surface area contributed by atoms with Crippen LogP contribution in [0, 0.1) is 0 Å². The standard InChI is InChI=1S/C17H24N2O2/c18-16(20)12-5-2-8-14-19-17(21)13-7-6-11-15-9-3-1-4-10-15/h1,3-4,6,9-11H,2,5,7-8,12-14H2,(H2,18,20)(H,19,21)/b11-6+. The monoisotopic (exact) mass is 288 g/mol. The molecule has 0 aromatic heterocycles. The van der Waals surface area contributed by atoms with Gasteiger partial charge in [0.05, 0.1) is 0 Å². The molecule has 0 saturated carbocycles. The predicted octanol–water partition coefficient (Wildman–Crippen LogP) is 2.64. The molecule has 0 aliphatic rings. The minimum Gasteiger partial charge on any atom is -0.370 e. The zero-order chi connectivity index (χ0) is 15.3. The molecule has 0 aliphatic heterocycles. The molecule has 0 heterocycles. The number of amides is 2. The van der Waals surface area contributed by atoms with Gasteiger partial charge in [0.1, 0.15) is 0 Å². The van der Waals surface area contributed by atoms with Crippen molar-refractivity contribution in [2.45, 2.75) is 38.5 Å². The van der Waals surface area contributed by atoms with Gasteiger partial charge in [-0.25, -0.2) is 0 Å². The van der Waals surface area contributed by atoms with Crippen molar-refractivity contribution in [2.75, 3.05) is 6.54 Å². The maximum Gasteiger partial charge on any atom is 0.220 e. The van der Waals surface area contributed by atoms with Crippen molar-refractivity contribution in [3.05, 3.63) is 42.0 Å². The predicted molar refractivity (Wildman–Crippen MR) is 85.4 cm³/mol. The Morgan fingerprint density at radius 2 is 1.81 bits per heavy atom. The van der Waals surface area contributed by atoms with Crippen LogP contribution in [0.2, 0.25) is 0 Å². The summed E-state index contributed by atoms with van der Waals surface area (Å²) in [7, 11) is 0. The van der Waals surface area contributed by atoms with Crippen LogP contribution in [0.1, 0.15) is 44.1 Å². The van der Waals surface area contributed by atoms with E-state index in [2.05, 4.69) is 5.32 Å². The summed E-state index contributed by atoms with van der Waals surface area (Å²) in [4.78, 5) is 22.1. The minimum atomic E-state index is -0.260. The second kappa shape index (κ2) is 10.7. The van der Waals surface area contributed by atoms with Crippen LogP contribution in [0.3, 0.4) is 0 Å². The summed E-state index contributed by atoms with van der Waals surface area (Å²) < 4.78 is 0. The van der Waals surface area contributed by atoms with E-state index in [4.69, 9.17) is 5.73 Å². The molecule has 0 spiro atoms. The number of carbonyl (C=O) groups excluding carboxylic acids is 2. The summed E-state index contributed by atoms with van der Waals surface area (Å²) in [6, 6.07) is 10.0. The second-order valence-electron chi connectivity index (χ2n) is 4.98. The highest BCUT2D eigenvalue weighted by Gasteiger charge is 1.99. The molecule has 0 unspecified atom stereocenters. The topological polar surface area (TPSA) is 72.2 Å². The van der Waals surface area contributed by atoms with Gasteiger partial charge in [-0.15, -0.1) is 0 Å². The molecule has 4 heteroatoms. The third-order valence-electron chi connectivity index (χ3n) is 3.07. The first-order chi connectivity index (χ1) is 10.2. The second-order valence-corrected chi connectivity index (χ2v) is 4.98. The van der Waals surface area contributed by atoms with Crippen molar-refractivity contribution in [1.29, 1.82) is 0 Å². The van der Waals surface area contributed by atoms with Crippen LogP contribution in [0.4, 0.5) is 0 Å². The van der Waals surface area contributed by atoms with E-state index in [1.165, 1.54) is 0 Å². The van der Waals surface area contributed by atoms with Gasteiger partial charge in [0.25, 0.3) is 0 Å². The number of unbranched alkanes of at least 4 members (excludes halogenated alkanes) is 2. The zero-order valence-corrected chi connectivity index (χ0v) is 12.4. The molecule has 0 aliphatic carbocycles. The van der Waals surface area contributed by atoms with Gasteiger partial charge >= 0.3 is 0 Å². The van der Waals surface area contributed by atoms with Crippen LogP contribution in [0.15, 0.2) is 36.4 Å². The highest BCUT2D eigenvalue weighted by atomic mass is 16.1. The molecule has 2 amide bonds. The number of nitrogens with one attached hydrogen (secondary N) is 1. The van der Waals surface area contributed by atoms with Crippen LogP contribution in [0.5, 0.6) is 0 Å². The van der Waals surface area contributed by atoms with Gasteiger partial charge in [0.15, 0.2) is 0 Å². The molecule has 1 aromatic carbocycles. The third kappa shape index (κ3) is 9.44. The normalized spacial score (nSPS) is 10.7. The molecule has 0 fully saturated rings. The fourth-order valence-electron chi connectivity index (χ4n) is 1.92. The number of nitrogens with two attached hydrogens (primary N) is 1. The lowest BCUT2D eigenvalue weighted by molar-refractivity contribution is -0.121. The van der Waals surface area contributed by atoms with Crippen molar-refractivity contribution in [3.63, 3.8) is 0 Å². The average molecular weight is 288 g/mol. The van der Waals surface area contributed by atoms with E-state index in [1.807, 2.05) is 42.5 Å². The quantitative estimate of drug-likeness (QED) is 0.650. The van der Waals surface area contributed by atoms with Crippen LogP contribution in [-0.2, 0) is 9.59 Å². The van der Waals surface area contributed by atoms with Crippen molar-refractivity contribution >= 4 is 17.9 Å². The molecule has 21 heavy (non-hydrogen) atoms. The smallest absolute Gasteiger partial charge is 0.220 e. The molecule has 0 saturated heterocycles. The van der Waals surface area contributed by atoms with E-state index >= 15 is 0 Å². The number of rotatable bonds is 10. The van der Waals surface area contributed by atoms with Gasteiger partial charge in [-0.2, -0.15) is 0 Å². The molecule has 114 valence electrons. The van der Waals surface area contributed by atoms with E-state index in [9.17, 15) is 9.59 Å². The Morgan fingerprint density at radius 3 is 2.52 bits per heavy atom. The van der Waals surface area contributed by atoms with Crippen LogP contribution in [0.25, 0.3) is 6.08 Å². The fraction of sp³-hybridized carbons (Fsp3) is 0.412. The minimum absolute atomic E-state index is 0.0719. The Bertz CT molecular complexity index is 455. The molecule has 0 radical (unpaired) electrons. The van der Waals surface area contributed by atoms with E-state index < -0.39 is 0 Å². The number of hydrogen-bond donors (Lipinski definition) is 2. The number of primary amides is 1. The molecule has 0 atom stereocenters. The number of allylic oxidation sites excluding steroid dienone is 1. The Labute approximate surface area is 126 Å². The molecule has 0 bridgehead atoms. The lowest BCUT2D eigenvalue weighted by Gasteiger charge is -2.03. The van der Waals surface area contributed by atoms with Gasteiger partial charge in [-0.05, 0) is 24.8 Å². The van der Waals surface area contributed by atoms with E-state index in [-0.39, 0.29) is 11.8 Å². The van der Waals surface area contributed by atoms with Crippen molar-refractivity contribution in [2.24, 2.45) is 5.73 Å². The molecule has 1 aromatic rings. The van der Waals surface area contributed by atoms with Crippen LogP contribution in [-0.4, -0.2) is 18.4 Å². The fourth-order valence-corrected chi connectivity index (χ4v) is 1.92. The summed E-state index contributed by atoms with van der Waals surface area (Å²) in [6.45, 7) is 0.667. The summed E-state index contributed by atoms with van der Waals surface area (Å²) in [6.07, 6.45) is 8.31. The zero-order valence-electron chi connectivity index (χ0n) is 12.4. The molecule has 4 nitrogen and oxygen atoms in total. The number of benzene rings is 1. The highest BCUT2D eigenvalue weighted by molar-refractivity contribution is 5.76. The largest absolute Gasteiger partial charge is 0.370 e. The lowest BCUT2D eigenvalue weighted by atomic mass is 10.1. The summed E-state index contributed by atoms with van der Waals surface area (Å²) in [5, 5.41) is 2.88. The Morgan fingerprint density at radius 1 is 1.05 bits per heavy atom. The third-order valence-corrected chi connectivity index (χ3v) is 3.07. The summed E-state index contributed by atoms with van der Waals surface area (Å²) in [5.41, 5.74) is 6.20. The molecule has 1 rings (SSSR count). The van der Waals surface area contributed by atoms with Crippen molar-refractivity contribution < 1.29 is 9.59 Å². The first-order valence-corrected chi connectivity index (χ1v) is 7.45. The van der Waals surface area contributed by atoms with Crippen molar-refractivity contribution in [3.8, 4) is 0 Å². The van der Waals surface area contributed by atoms with Gasteiger partial charge < -0.3 is 11.1 Å². The van der Waals surface area contributed by atoms with Gasteiger partial charge in [-0.1, -0.05) is 48.9 Å². The lowest BCUT2D eigenvalue weighted by Crippen LogP contribution is -2.23. The molecular weight excluding hydrogens is 264 g/mol. The molecule has 3 N–H and O–H groups in total. The van der Waals surface area contributed by atoms with E-state index in [1.54, 1.807) is 0 Å². The summed E-state index contributed by atoms with van der Waals surface area (Å²) >= 11 is 0. The van der Waals surface area contributed by atoms with E-state index in [0.29, 0.717) is 19.4 Å². The summed E-state index contributed by atoms with van der Waals surface area (Å²) in [5.74, 6) is -0.188. The van der Waals surface area contributed by atoms with Crippen LogP contribution >= 0.6 is 0 Å². The van der Waals surface area contributed by atoms with Gasteiger partial charge in [-0.3, -0.25) is 9.59 Å².